The maximum Gasteiger partial charge on any atom is 0.352 e. The number of hydrogen-bond donors (Lipinski definition) is 3. The maximum atomic E-state index is 12.3. The predicted molar refractivity (Wildman–Crippen MR) is 81.4 cm³/mol. The zero-order valence-corrected chi connectivity index (χ0v) is 12.6. The van der Waals surface area contributed by atoms with Crippen LogP contribution in [0.1, 0.15) is 37.7 Å². The molecule has 3 N–H and O–H groups in total. The lowest BCUT2D eigenvalue weighted by Gasteiger charge is -2.07. The van der Waals surface area contributed by atoms with E-state index in [9.17, 15) is 9.59 Å². The third kappa shape index (κ3) is 2.92. The average molecular weight is 307 g/mol. The molecule has 21 heavy (non-hydrogen) atoms. The Morgan fingerprint density at radius 2 is 1.90 bits per heavy atom. The van der Waals surface area contributed by atoms with Crippen molar-refractivity contribution in [2.75, 3.05) is 5.32 Å². The summed E-state index contributed by atoms with van der Waals surface area (Å²) in [5, 5.41) is 12.3. The van der Waals surface area contributed by atoms with Crippen LogP contribution in [0.4, 0.5) is 5.69 Å². The fourth-order valence-corrected chi connectivity index (χ4v) is 2.35. The molecular formula is C15H15ClN2O3. The highest BCUT2D eigenvalue weighted by molar-refractivity contribution is 6.31. The minimum Gasteiger partial charge on any atom is -0.477 e. The summed E-state index contributed by atoms with van der Waals surface area (Å²) in [4.78, 5) is 26.1. The van der Waals surface area contributed by atoms with E-state index in [2.05, 4.69) is 10.3 Å². The molecule has 0 spiro atoms. The van der Waals surface area contributed by atoms with Gasteiger partial charge >= 0.3 is 5.97 Å². The molecule has 0 aliphatic rings. The van der Waals surface area contributed by atoms with Crippen molar-refractivity contribution in [3.8, 4) is 0 Å². The van der Waals surface area contributed by atoms with Crippen LogP contribution >= 0.6 is 11.6 Å². The SMILES string of the molecule is Cc1ccc(NC(=O)c2c(C)[nH]c(C(=O)O)c2C)cc1Cl. The van der Waals surface area contributed by atoms with Gasteiger partial charge in [-0.2, -0.15) is 0 Å². The van der Waals surface area contributed by atoms with Crippen LogP contribution in [-0.4, -0.2) is 22.0 Å². The molecule has 1 aromatic carbocycles. The van der Waals surface area contributed by atoms with Gasteiger partial charge in [-0.1, -0.05) is 17.7 Å². The van der Waals surface area contributed by atoms with E-state index in [1.807, 2.05) is 6.92 Å². The van der Waals surface area contributed by atoms with Gasteiger partial charge in [0.15, 0.2) is 0 Å². The molecule has 0 unspecified atom stereocenters. The minimum atomic E-state index is -1.09. The molecular weight excluding hydrogens is 292 g/mol. The van der Waals surface area contributed by atoms with Crippen LogP contribution in [0.3, 0.4) is 0 Å². The van der Waals surface area contributed by atoms with E-state index in [1.54, 1.807) is 32.0 Å². The molecule has 0 aliphatic heterocycles. The molecule has 0 atom stereocenters. The van der Waals surface area contributed by atoms with Gasteiger partial charge in [0.2, 0.25) is 0 Å². The third-order valence-electron chi connectivity index (χ3n) is 3.31. The van der Waals surface area contributed by atoms with E-state index in [4.69, 9.17) is 16.7 Å². The maximum absolute atomic E-state index is 12.3. The first-order chi connectivity index (χ1) is 9.81. The Labute approximate surface area is 126 Å². The number of aromatic carboxylic acids is 1. The summed E-state index contributed by atoms with van der Waals surface area (Å²) >= 11 is 6.02. The second-order valence-electron chi connectivity index (χ2n) is 4.85. The number of benzene rings is 1. The molecule has 5 nitrogen and oxygen atoms in total. The van der Waals surface area contributed by atoms with Crippen LogP contribution in [0.15, 0.2) is 18.2 Å². The van der Waals surface area contributed by atoms with Crippen LogP contribution in [0.2, 0.25) is 5.02 Å². The smallest absolute Gasteiger partial charge is 0.352 e. The number of aromatic amines is 1. The second kappa shape index (κ2) is 5.61. The predicted octanol–water partition coefficient (Wildman–Crippen LogP) is 3.54. The molecule has 1 aromatic heterocycles. The monoisotopic (exact) mass is 306 g/mol. The van der Waals surface area contributed by atoms with Crippen LogP contribution < -0.4 is 5.32 Å². The Hall–Kier alpha value is -2.27. The summed E-state index contributed by atoms with van der Waals surface area (Å²) in [6.07, 6.45) is 0. The quantitative estimate of drug-likeness (QED) is 0.811. The largest absolute Gasteiger partial charge is 0.477 e. The van der Waals surface area contributed by atoms with Crippen molar-refractivity contribution in [3.63, 3.8) is 0 Å². The van der Waals surface area contributed by atoms with Gasteiger partial charge in [0.1, 0.15) is 5.69 Å². The lowest BCUT2D eigenvalue weighted by molar-refractivity contribution is 0.0690. The summed E-state index contributed by atoms with van der Waals surface area (Å²) < 4.78 is 0. The van der Waals surface area contributed by atoms with Crippen LogP contribution in [0.25, 0.3) is 0 Å². The molecule has 1 heterocycles. The summed E-state index contributed by atoms with van der Waals surface area (Å²) in [6.45, 7) is 5.13. The number of amides is 1. The number of aromatic nitrogens is 1. The molecule has 0 fully saturated rings. The van der Waals surface area contributed by atoms with Gasteiger partial charge in [-0.05, 0) is 44.0 Å². The molecule has 0 radical (unpaired) electrons. The number of hydrogen-bond acceptors (Lipinski definition) is 2. The van der Waals surface area contributed by atoms with E-state index in [0.717, 1.165) is 5.56 Å². The van der Waals surface area contributed by atoms with Gasteiger partial charge in [0, 0.05) is 16.4 Å². The van der Waals surface area contributed by atoms with Crippen molar-refractivity contribution >= 4 is 29.2 Å². The van der Waals surface area contributed by atoms with Crippen molar-refractivity contribution < 1.29 is 14.7 Å². The Balaban J connectivity index is 2.32. The normalized spacial score (nSPS) is 10.5. The first-order valence-electron chi connectivity index (χ1n) is 6.31. The molecule has 110 valence electrons. The Bertz CT molecular complexity index is 735. The number of anilines is 1. The molecule has 0 saturated heterocycles. The van der Waals surface area contributed by atoms with Crippen molar-refractivity contribution in [1.82, 2.24) is 4.98 Å². The molecule has 0 saturated carbocycles. The number of carbonyl (C=O) groups excluding carboxylic acids is 1. The summed E-state index contributed by atoms with van der Waals surface area (Å²) in [5.41, 5.74) is 2.77. The number of carboxylic acid groups (broad SMARTS) is 1. The van der Waals surface area contributed by atoms with E-state index in [1.165, 1.54) is 0 Å². The summed E-state index contributed by atoms with van der Waals surface area (Å²) in [5.74, 6) is -1.46. The third-order valence-corrected chi connectivity index (χ3v) is 3.72. The molecule has 2 aromatic rings. The Kier molecular flexibility index (Phi) is 4.04. The molecule has 0 bridgehead atoms. The van der Waals surface area contributed by atoms with Gasteiger partial charge < -0.3 is 15.4 Å². The zero-order valence-electron chi connectivity index (χ0n) is 11.9. The van der Waals surface area contributed by atoms with Gasteiger partial charge in [0.25, 0.3) is 5.91 Å². The Morgan fingerprint density at radius 1 is 1.24 bits per heavy atom. The number of carboxylic acids is 1. The first kappa shape index (κ1) is 15.1. The van der Waals surface area contributed by atoms with Gasteiger partial charge in [-0.15, -0.1) is 0 Å². The van der Waals surface area contributed by atoms with E-state index < -0.39 is 5.97 Å². The second-order valence-corrected chi connectivity index (χ2v) is 5.26. The highest BCUT2D eigenvalue weighted by Crippen LogP contribution is 2.23. The van der Waals surface area contributed by atoms with Crippen molar-refractivity contribution in [2.45, 2.75) is 20.8 Å². The van der Waals surface area contributed by atoms with Crippen molar-refractivity contribution in [1.29, 1.82) is 0 Å². The topological polar surface area (TPSA) is 82.2 Å². The van der Waals surface area contributed by atoms with Gasteiger partial charge in [-0.25, -0.2) is 4.79 Å². The number of halogens is 1. The van der Waals surface area contributed by atoms with Crippen molar-refractivity contribution in [2.24, 2.45) is 0 Å². The standard InChI is InChI=1S/C15H15ClN2O3/c1-7-4-5-10(6-11(7)16)18-14(19)12-8(2)13(15(20)21)17-9(12)3/h4-6,17H,1-3H3,(H,18,19)(H,20,21). The molecule has 2 rings (SSSR count). The lowest BCUT2D eigenvalue weighted by Crippen LogP contribution is -2.14. The van der Waals surface area contributed by atoms with E-state index in [0.29, 0.717) is 27.5 Å². The fraction of sp³-hybridized carbons (Fsp3) is 0.200. The molecule has 6 heteroatoms. The van der Waals surface area contributed by atoms with E-state index >= 15 is 0 Å². The molecule has 0 aliphatic carbocycles. The average Bonchev–Trinajstić information content (AvgIpc) is 2.69. The first-order valence-corrected chi connectivity index (χ1v) is 6.69. The lowest BCUT2D eigenvalue weighted by atomic mass is 10.1. The zero-order chi connectivity index (χ0) is 15.7. The van der Waals surface area contributed by atoms with Gasteiger partial charge in [0.05, 0.1) is 5.56 Å². The fourth-order valence-electron chi connectivity index (χ4n) is 2.17. The summed E-state index contributed by atoms with van der Waals surface area (Å²) in [7, 11) is 0. The van der Waals surface area contributed by atoms with Crippen LogP contribution in [-0.2, 0) is 0 Å². The number of nitrogens with one attached hydrogen (secondary N) is 2. The van der Waals surface area contributed by atoms with E-state index in [-0.39, 0.29) is 11.6 Å². The highest BCUT2D eigenvalue weighted by Gasteiger charge is 2.21. The van der Waals surface area contributed by atoms with Crippen molar-refractivity contribution in [3.05, 3.63) is 51.3 Å². The molecule has 1 amide bonds. The van der Waals surface area contributed by atoms with Gasteiger partial charge in [-0.3, -0.25) is 4.79 Å². The number of H-pyrrole nitrogens is 1. The number of carbonyl (C=O) groups is 2. The Morgan fingerprint density at radius 3 is 2.43 bits per heavy atom. The summed E-state index contributed by atoms with van der Waals surface area (Å²) in [6, 6.07) is 5.20. The van der Waals surface area contributed by atoms with Crippen LogP contribution in [0.5, 0.6) is 0 Å². The highest BCUT2D eigenvalue weighted by atomic mass is 35.5. The van der Waals surface area contributed by atoms with Crippen LogP contribution in [0, 0.1) is 20.8 Å². The number of rotatable bonds is 3. The minimum absolute atomic E-state index is 0.0274. The number of aryl methyl sites for hydroxylation is 2.